The first-order valence-electron chi connectivity index (χ1n) is 10.6. The molecule has 1 saturated carbocycles. The molecule has 6 nitrogen and oxygen atoms in total. The molecule has 3 heterocycles. The Kier molecular flexibility index (Phi) is 4.66. The van der Waals surface area contributed by atoms with E-state index in [1.165, 1.54) is 10.6 Å². The Labute approximate surface area is 174 Å². The van der Waals surface area contributed by atoms with E-state index in [0.717, 1.165) is 31.2 Å². The van der Waals surface area contributed by atoms with Gasteiger partial charge in [0.2, 0.25) is 0 Å². The van der Waals surface area contributed by atoms with Crippen molar-refractivity contribution in [2.75, 3.05) is 6.54 Å². The van der Waals surface area contributed by atoms with Crippen LogP contribution in [0.25, 0.3) is 5.65 Å². The second kappa shape index (κ2) is 7.36. The van der Waals surface area contributed by atoms with Crippen molar-refractivity contribution in [3.8, 4) is 0 Å². The predicted molar refractivity (Wildman–Crippen MR) is 113 cm³/mol. The Morgan fingerprint density at radius 2 is 1.83 bits per heavy atom. The number of hydrogen-bond donors (Lipinski definition) is 1. The first kappa shape index (κ1) is 19.0. The zero-order chi connectivity index (χ0) is 20.7. The molecule has 2 aliphatic rings. The zero-order valence-corrected chi connectivity index (χ0v) is 16.8. The van der Waals surface area contributed by atoms with Crippen LogP contribution in [0.1, 0.15) is 48.0 Å². The molecule has 1 saturated heterocycles. The van der Waals surface area contributed by atoms with E-state index in [0.29, 0.717) is 18.6 Å². The van der Waals surface area contributed by atoms with Crippen molar-refractivity contribution in [1.29, 1.82) is 0 Å². The molecule has 2 aromatic heterocycles. The summed E-state index contributed by atoms with van der Waals surface area (Å²) >= 11 is 0. The van der Waals surface area contributed by atoms with E-state index in [9.17, 15) is 14.7 Å². The summed E-state index contributed by atoms with van der Waals surface area (Å²) < 4.78 is 1.41. The molecule has 6 heteroatoms. The third kappa shape index (κ3) is 2.94. The summed E-state index contributed by atoms with van der Waals surface area (Å²) in [5, 5.41) is 11.7. The van der Waals surface area contributed by atoms with Crippen LogP contribution in [0.2, 0.25) is 0 Å². The molecule has 154 valence electrons. The fraction of sp³-hybridized carbons (Fsp3) is 0.375. The molecule has 1 aromatic carbocycles. The van der Waals surface area contributed by atoms with E-state index in [1.54, 1.807) is 18.3 Å². The number of carbonyl (C=O) groups excluding carboxylic acids is 1. The molecule has 2 fully saturated rings. The van der Waals surface area contributed by atoms with Crippen LogP contribution in [0.5, 0.6) is 0 Å². The Hall–Kier alpha value is -2.99. The van der Waals surface area contributed by atoms with Gasteiger partial charge in [-0.25, -0.2) is 4.98 Å². The summed E-state index contributed by atoms with van der Waals surface area (Å²) in [4.78, 5) is 32.5. The number of likely N-dealkylation sites (tertiary alicyclic amines) is 1. The lowest BCUT2D eigenvalue weighted by Gasteiger charge is -2.52. The molecule has 30 heavy (non-hydrogen) atoms. The second-order valence-corrected chi connectivity index (χ2v) is 8.40. The molecule has 1 aliphatic heterocycles. The van der Waals surface area contributed by atoms with Gasteiger partial charge in [-0.15, -0.1) is 0 Å². The van der Waals surface area contributed by atoms with Gasteiger partial charge in [0, 0.05) is 30.9 Å². The fourth-order valence-electron chi connectivity index (χ4n) is 5.35. The molecule has 1 N–H and O–H groups in total. The molecule has 0 unspecified atom stereocenters. The number of carbonyl (C=O) groups is 1. The standard InChI is InChI=1S/C24H25N3O3/c28-22(18-16-25-21-12-6-7-14-27(21)23(18)29)26-15-13-24(30,17-8-2-1-3-9-17)19-10-4-5-11-20(19)26/h1-3,6-9,12,14,16,19-20,30H,4-5,10-11,13,15H2/t19-,20+,24+/m0/s1. The van der Waals surface area contributed by atoms with Crippen LogP contribution in [-0.2, 0) is 5.60 Å². The van der Waals surface area contributed by atoms with Crippen molar-refractivity contribution >= 4 is 11.6 Å². The number of aliphatic hydroxyl groups is 1. The maximum absolute atomic E-state index is 13.5. The zero-order valence-electron chi connectivity index (χ0n) is 16.8. The number of rotatable bonds is 2. The molecule has 3 atom stereocenters. The number of piperidine rings is 1. The maximum Gasteiger partial charge on any atom is 0.270 e. The first-order chi connectivity index (χ1) is 14.6. The van der Waals surface area contributed by atoms with Crippen LogP contribution in [-0.4, -0.2) is 37.9 Å². The van der Waals surface area contributed by atoms with Crippen LogP contribution in [0.15, 0.2) is 65.7 Å². The smallest absolute Gasteiger partial charge is 0.270 e. The summed E-state index contributed by atoms with van der Waals surface area (Å²) in [6.07, 6.45) is 7.27. The third-order valence-corrected chi connectivity index (χ3v) is 6.86. The minimum atomic E-state index is -0.945. The number of benzene rings is 1. The normalized spacial score (nSPS) is 26.4. The first-order valence-corrected chi connectivity index (χ1v) is 10.6. The summed E-state index contributed by atoms with van der Waals surface area (Å²) in [6, 6.07) is 15.0. The van der Waals surface area contributed by atoms with Crippen LogP contribution in [0, 0.1) is 5.92 Å². The van der Waals surface area contributed by atoms with Gasteiger partial charge in [0.1, 0.15) is 11.2 Å². The molecule has 1 amide bonds. The van der Waals surface area contributed by atoms with Gasteiger partial charge >= 0.3 is 0 Å². The van der Waals surface area contributed by atoms with Gasteiger partial charge < -0.3 is 10.0 Å². The van der Waals surface area contributed by atoms with Gasteiger partial charge in [0.05, 0.1) is 5.60 Å². The van der Waals surface area contributed by atoms with Gasteiger partial charge in [-0.1, -0.05) is 49.2 Å². The minimum absolute atomic E-state index is 0.0393. The van der Waals surface area contributed by atoms with Gasteiger partial charge in [-0.3, -0.25) is 14.0 Å². The number of amides is 1. The van der Waals surface area contributed by atoms with Gasteiger partial charge in [-0.05, 0) is 37.0 Å². The second-order valence-electron chi connectivity index (χ2n) is 8.40. The highest BCUT2D eigenvalue weighted by Crippen LogP contribution is 2.47. The van der Waals surface area contributed by atoms with Crippen molar-refractivity contribution < 1.29 is 9.90 Å². The Morgan fingerprint density at radius 1 is 1.07 bits per heavy atom. The number of fused-ring (bicyclic) bond motifs is 2. The van der Waals surface area contributed by atoms with Crippen LogP contribution in [0.3, 0.4) is 0 Å². The maximum atomic E-state index is 13.5. The highest BCUT2D eigenvalue weighted by Gasteiger charge is 2.50. The lowest BCUT2D eigenvalue weighted by atomic mass is 9.66. The molecular weight excluding hydrogens is 378 g/mol. The van der Waals surface area contributed by atoms with Gasteiger partial charge in [-0.2, -0.15) is 0 Å². The van der Waals surface area contributed by atoms with Crippen LogP contribution < -0.4 is 5.56 Å². The van der Waals surface area contributed by atoms with E-state index >= 15 is 0 Å². The van der Waals surface area contributed by atoms with E-state index in [2.05, 4.69) is 4.98 Å². The summed E-state index contributed by atoms with van der Waals surface area (Å²) in [7, 11) is 0. The van der Waals surface area contributed by atoms with Crippen molar-refractivity contribution in [3.05, 3.63) is 82.4 Å². The topological polar surface area (TPSA) is 74.9 Å². The molecule has 0 bridgehead atoms. The van der Waals surface area contributed by atoms with E-state index < -0.39 is 5.60 Å². The van der Waals surface area contributed by atoms with Crippen LogP contribution in [0.4, 0.5) is 0 Å². The average Bonchev–Trinajstić information content (AvgIpc) is 2.80. The van der Waals surface area contributed by atoms with Crippen molar-refractivity contribution in [2.45, 2.75) is 43.7 Å². The largest absolute Gasteiger partial charge is 0.385 e. The Balaban J connectivity index is 1.51. The van der Waals surface area contributed by atoms with Crippen molar-refractivity contribution in [2.24, 2.45) is 5.92 Å². The molecule has 0 radical (unpaired) electrons. The SMILES string of the molecule is O=C(c1cnc2ccccn2c1=O)N1CC[C@@](O)(c2ccccc2)[C@H]2CCCC[C@H]21. The predicted octanol–water partition coefficient (Wildman–Crippen LogP) is 2.99. The molecule has 5 rings (SSSR count). The molecule has 1 aliphatic carbocycles. The van der Waals surface area contributed by atoms with E-state index in [-0.39, 0.29) is 29.0 Å². The van der Waals surface area contributed by atoms with Crippen LogP contribution >= 0.6 is 0 Å². The summed E-state index contributed by atoms with van der Waals surface area (Å²) in [5.74, 6) is -0.319. The van der Waals surface area contributed by atoms with E-state index in [1.807, 2.05) is 41.3 Å². The monoisotopic (exact) mass is 403 g/mol. The van der Waals surface area contributed by atoms with Crippen molar-refractivity contribution in [1.82, 2.24) is 14.3 Å². The minimum Gasteiger partial charge on any atom is -0.385 e. The van der Waals surface area contributed by atoms with Gasteiger partial charge in [0.25, 0.3) is 11.5 Å². The Bertz CT molecular complexity index is 1140. The number of hydrogen-bond acceptors (Lipinski definition) is 4. The summed E-state index contributed by atoms with van der Waals surface area (Å²) in [6.45, 7) is 0.419. The average molecular weight is 403 g/mol. The fourth-order valence-corrected chi connectivity index (χ4v) is 5.35. The Morgan fingerprint density at radius 3 is 2.67 bits per heavy atom. The molecular formula is C24H25N3O3. The number of aromatic nitrogens is 2. The lowest BCUT2D eigenvalue weighted by Crippen LogP contribution is -2.59. The third-order valence-electron chi connectivity index (χ3n) is 6.86. The molecule has 0 spiro atoms. The highest BCUT2D eigenvalue weighted by molar-refractivity contribution is 5.94. The number of nitrogens with zero attached hydrogens (tertiary/aromatic N) is 3. The lowest BCUT2D eigenvalue weighted by molar-refractivity contribution is -0.110. The van der Waals surface area contributed by atoms with Gasteiger partial charge in [0.15, 0.2) is 0 Å². The summed E-state index contributed by atoms with van der Waals surface area (Å²) in [5.41, 5.74) is 0.239. The quantitative estimate of drug-likeness (QED) is 0.714. The number of pyridine rings is 1. The molecule has 3 aromatic rings. The van der Waals surface area contributed by atoms with E-state index in [4.69, 9.17) is 0 Å². The van der Waals surface area contributed by atoms with Crippen molar-refractivity contribution in [3.63, 3.8) is 0 Å². The highest BCUT2D eigenvalue weighted by atomic mass is 16.3.